The quantitative estimate of drug-likeness (QED) is 0.865. The molecule has 1 aliphatic carbocycles. The van der Waals surface area contributed by atoms with Gasteiger partial charge >= 0.3 is 0 Å². The number of aromatic nitrogens is 2. The van der Waals surface area contributed by atoms with Crippen LogP contribution in [0.3, 0.4) is 0 Å². The lowest BCUT2D eigenvalue weighted by Gasteiger charge is -2.25. The van der Waals surface area contributed by atoms with Gasteiger partial charge in [-0.25, -0.2) is 0 Å². The first kappa shape index (κ1) is 15.7. The predicted octanol–water partition coefficient (Wildman–Crippen LogP) is 3.58. The van der Waals surface area contributed by atoms with Crippen LogP contribution in [0.25, 0.3) is 11.4 Å². The summed E-state index contributed by atoms with van der Waals surface area (Å²) < 4.78 is 5.31. The molecule has 2 aromatic rings. The number of carbonyl (C=O) groups excluding carboxylic acids is 1. The van der Waals surface area contributed by atoms with E-state index >= 15 is 0 Å². The molecule has 0 aliphatic heterocycles. The molecule has 1 amide bonds. The van der Waals surface area contributed by atoms with Gasteiger partial charge in [0.15, 0.2) is 0 Å². The molecule has 1 aromatic carbocycles. The molecule has 3 rings (SSSR count). The van der Waals surface area contributed by atoms with Crippen molar-refractivity contribution in [2.24, 2.45) is 5.92 Å². The molecule has 0 spiro atoms. The summed E-state index contributed by atoms with van der Waals surface area (Å²) in [5.74, 6) is 1.41. The van der Waals surface area contributed by atoms with E-state index in [1.54, 1.807) is 4.90 Å². The molecule has 5 heteroatoms. The minimum Gasteiger partial charge on any atom is -0.337 e. The third-order valence-corrected chi connectivity index (χ3v) is 4.45. The number of hydrogen-bond donors (Lipinski definition) is 0. The molecule has 5 nitrogen and oxygen atoms in total. The summed E-state index contributed by atoms with van der Waals surface area (Å²) in [5, 5.41) is 4.03. The molecule has 1 aliphatic rings. The van der Waals surface area contributed by atoms with E-state index in [1.807, 2.05) is 38.2 Å². The Balaban J connectivity index is 1.65. The summed E-state index contributed by atoms with van der Waals surface area (Å²) >= 11 is 0. The minimum absolute atomic E-state index is 0.160. The maximum atomic E-state index is 12.5. The Morgan fingerprint density at radius 3 is 2.83 bits per heavy atom. The zero-order valence-electron chi connectivity index (χ0n) is 13.8. The van der Waals surface area contributed by atoms with E-state index in [0.29, 0.717) is 18.3 Å². The summed E-state index contributed by atoms with van der Waals surface area (Å²) in [6, 6.07) is 7.98. The summed E-state index contributed by atoms with van der Waals surface area (Å²) in [5.41, 5.74) is 2.08. The van der Waals surface area contributed by atoms with Crippen LogP contribution in [0.2, 0.25) is 0 Å². The van der Waals surface area contributed by atoms with Crippen LogP contribution in [-0.2, 0) is 11.3 Å². The fourth-order valence-electron chi connectivity index (χ4n) is 3.16. The van der Waals surface area contributed by atoms with Crippen molar-refractivity contribution in [3.8, 4) is 11.4 Å². The van der Waals surface area contributed by atoms with Crippen LogP contribution in [0.15, 0.2) is 28.8 Å². The van der Waals surface area contributed by atoms with Crippen LogP contribution in [0, 0.1) is 12.8 Å². The van der Waals surface area contributed by atoms with Crippen molar-refractivity contribution < 1.29 is 9.32 Å². The third-order valence-electron chi connectivity index (χ3n) is 4.45. The Kier molecular flexibility index (Phi) is 4.74. The molecule has 1 fully saturated rings. The smallest absolute Gasteiger partial charge is 0.246 e. The Morgan fingerprint density at radius 1 is 1.30 bits per heavy atom. The molecule has 0 radical (unpaired) electrons. The van der Waals surface area contributed by atoms with E-state index < -0.39 is 0 Å². The van der Waals surface area contributed by atoms with Gasteiger partial charge in [0.05, 0.1) is 6.54 Å². The summed E-state index contributed by atoms with van der Waals surface area (Å²) in [6.07, 6.45) is 5.56. The van der Waals surface area contributed by atoms with Gasteiger partial charge in [-0.2, -0.15) is 4.98 Å². The Morgan fingerprint density at radius 2 is 2.09 bits per heavy atom. The van der Waals surface area contributed by atoms with Crippen molar-refractivity contribution in [1.82, 2.24) is 15.0 Å². The molecule has 0 N–H and O–H groups in total. The third kappa shape index (κ3) is 3.78. The van der Waals surface area contributed by atoms with Crippen LogP contribution in [0.4, 0.5) is 0 Å². The lowest BCUT2D eigenvalue weighted by Crippen LogP contribution is -2.33. The standard InChI is InChI=1S/C18H23N3O2/c1-13-7-6-10-15(11-13)17-19-16(23-20-17)12-21(2)18(22)14-8-4-3-5-9-14/h6-7,10-11,14H,3-5,8-9,12H2,1-2H3. The van der Waals surface area contributed by atoms with Crippen LogP contribution in [0.5, 0.6) is 0 Å². The fraction of sp³-hybridized carbons (Fsp3) is 0.500. The monoisotopic (exact) mass is 313 g/mol. The molecule has 1 heterocycles. The summed E-state index contributed by atoms with van der Waals surface area (Å²) in [7, 11) is 1.81. The number of amides is 1. The molecular weight excluding hydrogens is 290 g/mol. The number of aryl methyl sites for hydroxylation is 1. The number of benzene rings is 1. The summed E-state index contributed by atoms with van der Waals surface area (Å²) in [6.45, 7) is 2.40. The highest BCUT2D eigenvalue weighted by Gasteiger charge is 2.25. The SMILES string of the molecule is Cc1cccc(-c2noc(CN(C)C(=O)C3CCCCC3)n2)c1. The lowest BCUT2D eigenvalue weighted by molar-refractivity contribution is -0.136. The topological polar surface area (TPSA) is 59.2 Å². The highest BCUT2D eigenvalue weighted by molar-refractivity contribution is 5.78. The Bertz CT molecular complexity index is 674. The second kappa shape index (κ2) is 6.94. The van der Waals surface area contributed by atoms with Gasteiger partial charge in [0.1, 0.15) is 0 Å². The first-order valence-electron chi connectivity index (χ1n) is 8.28. The van der Waals surface area contributed by atoms with Crippen molar-refractivity contribution in [3.05, 3.63) is 35.7 Å². The van der Waals surface area contributed by atoms with E-state index in [-0.39, 0.29) is 11.8 Å². The Labute approximate surface area is 136 Å². The average molecular weight is 313 g/mol. The van der Waals surface area contributed by atoms with E-state index in [4.69, 9.17) is 4.52 Å². The highest BCUT2D eigenvalue weighted by atomic mass is 16.5. The zero-order chi connectivity index (χ0) is 16.2. The van der Waals surface area contributed by atoms with E-state index in [2.05, 4.69) is 10.1 Å². The van der Waals surface area contributed by atoms with Crippen molar-refractivity contribution >= 4 is 5.91 Å². The molecule has 0 atom stereocenters. The lowest BCUT2D eigenvalue weighted by atomic mass is 9.88. The molecular formula is C18H23N3O2. The number of nitrogens with zero attached hydrogens (tertiary/aromatic N) is 3. The van der Waals surface area contributed by atoms with Gasteiger partial charge in [-0.3, -0.25) is 4.79 Å². The van der Waals surface area contributed by atoms with Gasteiger partial charge in [-0.15, -0.1) is 0 Å². The molecule has 23 heavy (non-hydrogen) atoms. The highest BCUT2D eigenvalue weighted by Crippen LogP contribution is 2.25. The van der Waals surface area contributed by atoms with E-state index in [1.165, 1.54) is 6.42 Å². The van der Waals surface area contributed by atoms with Crippen molar-refractivity contribution in [2.45, 2.75) is 45.6 Å². The van der Waals surface area contributed by atoms with Gasteiger partial charge < -0.3 is 9.42 Å². The van der Waals surface area contributed by atoms with Crippen LogP contribution in [0.1, 0.15) is 43.6 Å². The first-order valence-corrected chi connectivity index (χ1v) is 8.28. The van der Waals surface area contributed by atoms with Crippen molar-refractivity contribution in [3.63, 3.8) is 0 Å². The van der Waals surface area contributed by atoms with Gasteiger partial charge in [-0.1, -0.05) is 48.2 Å². The van der Waals surface area contributed by atoms with Gasteiger partial charge in [0, 0.05) is 18.5 Å². The molecule has 122 valence electrons. The van der Waals surface area contributed by atoms with Gasteiger partial charge in [-0.05, 0) is 25.8 Å². The number of hydrogen-bond acceptors (Lipinski definition) is 4. The molecule has 0 unspecified atom stereocenters. The molecule has 0 saturated heterocycles. The average Bonchev–Trinajstić information content (AvgIpc) is 3.03. The minimum atomic E-state index is 0.160. The second-order valence-corrected chi connectivity index (χ2v) is 6.41. The zero-order valence-corrected chi connectivity index (χ0v) is 13.8. The van der Waals surface area contributed by atoms with Crippen LogP contribution < -0.4 is 0 Å². The van der Waals surface area contributed by atoms with Crippen LogP contribution in [-0.4, -0.2) is 28.0 Å². The second-order valence-electron chi connectivity index (χ2n) is 6.41. The normalized spacial score (nSPS) is 15.6. The van der Waals surface area contributed by atoms with Gasteiger partial charge in [0.2, 0.25) is 17.6 Å². The molecule has 0 bridgehead atoms. The number of rotatable bonds is 4. The first-order chi connectivity index (χ1) is 11.1. The van der Waals surface area contributed by atoms with Crippen LogP contribution >= 0.6 is 0 Å². The van der Waals surface area contributed by atoms with E-state index in [9.17, 15) is 4.79 Å². The summed E-state index contributed by atoms with van der Waals surface area (Å²) in [4.78, 5) is 18.6. The molecule has 1 aromatic heterocycles. The van der Waals surface area contributed by atoms with E-state index in [0.717, 1.165) is 36.8 Å². The largest absolute Gasteiger partial charge is 0.337 e. The maximum absolute atomic E-state index is 12.5. The molecule has 1 saturated carbocycles. The number of carbonyl (C=O) groups is 1. The van der Waals surface area contributed by atoms with Gasteiger partial charge in [0.25, 0.3) is 0 Å². The predicted molar refractivity (Wildman–Crippen MR) is 87.5 cm³/mol. The maximum Gasteiger partial charge on any atom is 0.246 e. The Hall–Kier alpha value is -2.17. The van der Waals surface area contributed by atoms with Crippen molar-refractivity contribution in [1.29, 1.82) is 0 Å². The van der Waals surface area contributed by atoms with Crippen molar-refractivity contribution in [2.75, 3.05) is 7.05 Å². The fourth-order valence-corrected chi connectivity index (χ4v) is 3.16.